The van der Waals surface area contributed by atoms with E-state index in [4.69, 9.17) is 0 Å². The lowest BCUT2D eigenvalue weighted by Gasteiger charge is -2.12. The average molecular weight is 348 g/mol. The second-order valence-corrected chi connectivity index (χ2v) is 7.37. The summed E-state index contributed by atoms with van der Waals surface area (Å²) in [5.74, 6) is 0. The van der Waals surface area contributed by atoms with Crippen LogP contribution in [0.15, 0.2) is 53.9 Å². The minimum absolute atomic E-state index is 0.212. The molecule has 5 heteroatoms. The van der Waals surface area contributed by atoms with Gasteiger partial charge in [-0.3, -0.25) is 4.57 Å². The van der Waals surface area contributed by atoms with Gasteiger partial charge in [-0.1, -0.05) is 59.3 Å². The number of nitrogens with zero attached hydrogens (tertiary/aromatic N) is 4. The molecule has 25 heavy (non-hydrogen) atoms. The van der Waals surface area contributed by atoms with Crippen LogP contribution < -0.4 is 0 Å². The van der Waals surface area contributed by atoms with E-state index in [-0.39, 0.29) is 5.25 Å². The minimum Gasteiger partial charge on any atom is -0.276 e. The predicted molar refractivity (Wildman–Crippen MR) is 101 cm³/mol. The molecule has 1 atom stereocenters. The molecule has 0 bridgehead atoms. The fraction of sp³-hybridized carbons (Fsp3) is 0.250. The molecule has 4 nitrogen and oxygen atoms in total. The molecular weight excluding hydrogens is 328 g/mol. The number of nitriles is 1. The van der Waals surface area contributed by atoms with Crippen LogP contribution in [0.4, 0.5) is 0 Å². The number of rotatable bonds is 5. The number of thioether (sulfide) groups is 1. The Balaban J connectivity index is 1.82. The van der Waals surface area contributed by atoms with Crippen LogP contribution in [0, 0.1) is 32.1 Å². The van der Waals surface area contributed by atoms with Crippen molar-refractivity contribution in [2.75, 3.05) is 0 Å². The molecule has 0 N–H and O–H groups in total. The Morgan fingerprint density at radius 2 is 1.80 bits per heavy atom. The summed E-state index contributed by atoms with van der Waals surface area (Å²) in [5, 5.41) is 18.4. The van der Waals surface area contributed by atoms with E-state index in [2.05, 4.69) is 79.5 Å². The third-order valence-corrected chi connectivity index (χ3v) is 5.11. The molecule has 0 radical (unpaired) electrons. The summed E-state index contributed by atoms with van der Waals surface area (Å²) in [4.78, 5) is 0. The zero-order chi connectivity index (χ0) is 17.8. The van der Waals surface area contributed by atoms with Gasteiger partial charge < -0.3 is 0 Å². The summed E-state index contributed by atoms with van der Waals surface area (Å²) in [6.07, 6.45) is 2.39. The Bertz CT molecular complexity index is 906. The van der Waals surface area contributed by atoms with Gasteiger partial charge in [-0.15, -0.1) is 10.2 Å². The quantitative estimate of drug-likeness (QED) is 0.641. The third-order valence-electron chi connectivity index (χ3n) is 4.06. The Kier molecular flexibility index (Phi) is 5.20. The summed E-state index contributed by atoms with van der Waals surface area (Å²) in [5.41, 5.74) is 5.80. The largest absolute Gasteiger partial charge is 0.276 e. The van der Waals surface area contributed by atoms with E-state index in [1.807, 2.05) is 4.57 Å². The van der Waals surface area contributed by atoms with Gasteiger partial charge in [0.1, 0.15) is 11.6 Å². The van der Waals surface area contributed by atoms with E-state index in [0.717, 1.165) is 22.0 Å². The third kappa shape index (κ3) is 4.09. The first kappa shape index (κ1) is 17.2. The normalized spacial score (nSPS) is 11.9. The maximum Gasteiger partial charge on any atom is 0.196 e. The lowest BCUT2D eigenvalue weighted by Crippen LogP contribution is -2.07. The van der Waals surface area contributed by atoms with E-state index >= 15 is 0 Å². The van der Waals surface area contributed by atoms with Crippen molar-refractivity contribution in [3.05, 3.63) is 71.0 Å². The standard InChI is InChI=1S/C20H20N4S/c1-14-4-7-17(8-5-14)11-18(12-21)25-20-23-22-13-24(20)19-9-6-15(2)10-16(19)3/h4-10,13,18H,11H2,1-3H3. The van der Waals surface area contributed by atoms with Crippen molar-refractivity contribution in [2.45, 2.75) is 37.6 Å². The van der Waals surface area contributed by atoms with Crippen LogP contribution in [-0.4, -0.2) is 20.0 Å². The molecule has 0 aliphatic heterocycles. The molecule has 126 valence electrons. The molecular formula is C20H20N4S. The van der Waals surface area contributed by atoms with Gasteiger partial charge in [-0.05, 0) is 44.4 Å². The van der Waals surface area contributed by atoms with Gasteiger partial charge >= 0.3 is 0 Å². The van der Waals surface area contributed by atoms with E-state index in [0.29, 0.717) is 6.42 Å². The van der Waals surface area contributed by atoms with E-state index in [9.17, 15) is 5.26 Å². The summed E-state index contributed by atoms with van der Waals surface area (Å²) in [7, 11) is 0. The Labute approximate surface area is 152 Å². The Morgan fingerprint density at radius 3 is 2.48 bits per heavy atom. The van der Waals surface area contributed by atoms with Crippen LogP contribution in [0.1, 0.15) is 22.3 Å². The van der Waals surface area contributed by atoms with Gasteiger partial charge in [-0.2, -0.15) is 5.26 Å². The summed E-state index contributed by atoms with van der Waals surface area (Å²) in [6, 6.07) is 17.0. The highest BCUT2D eigenvalue weighted by Crippen LogP contribution is 2.27. The van der Waals surface area contributed by atoms with Gasteiger partial charge in [0, 0.05) is 0 Å². The maximum atomic E-state index is 9.56. The van der Waals surface area contributed by atoms with Crippen molar-refractivity contribution in [2.24, 2.45) is 0 Å². The zero-order valence-corrected chi connectivity index (χ0v) is 15.4. The number of hydrogen-bond acceptors (Lipinski definition) is 4. The van der Waals surface area contributed by atoms with Crippen molar-refractivity contribution in [3.63, 3.8) is 0 Å². The molecule has 0 amide bonds. The van der Waals surface area contributed by atoms with Crippen molar-refractivity contribution >= 4 is 11.8 Å². The highest BCUT2D eigenvalue weighted by atomic mass is 32.2. The number of aromatic nitrogens is 3. The molecule has 2 aromatic carbocycles. The first-order chi connectivity index (χ1) is 12.1. The van der Waals surface area contributed by atoms with E-state index < -0.39 is 0 Å². The molecule has 0 aliphatic carbocycles. The maximum absolute atomic E-state index is 9.56. The SMILES string of the molecule is Cc1ccc(CC(C#N)Sc2nncn2-c2ccc(C)cc2C)cc1. The van der Waals surface area contributed by atoms with Crippen LogP contribution in [0.2, 0.25) is 0 Å². The van der Waals surface area contributed by atoms with E-state index in [1.165, 1.54) is 22.9 Å². The van der Waals surface area contributed by atoms with Gasteiger partial charge in [0.25, 0.3) is 0 Å². The van der Waals surface area contributed by atoms with Crippen LogP contribution in [0.25, 0.3) is 5.69 Å². The molecule has 1 aromatic heterocycles. The average Bonchev–Trinajstić information content (AvgIpc) is 3.04. The number of hydrogen-bond donors (Lipinski definition) is 0. The van der Waals surface area contributed by atoms with Crippen LogP contribution in [0.3, 0.4) is 0 Å². The molecule has 0 fully saturated rings. The van der Waals surface area contributed by atoms with Gasteiger partial charge in [0.15, 0.2) is 5.16 Å². The van der Waals surface area contributed by atoms with Gasteiger partial charge in [0.2, 0.25) is 0 Å². The molecule has 0 aliphatic rings. The molecule has 3 rings (SSSR count). The summed E-state index contributed by atoms with van der Waals surface area (Å²) < 4.78 is 1.96. The topological polar surface area (TPSA) is 54.5 Å². The highest BCUT2D eigenvalue weighted by molar-refractivity contribution is 8.00. The van der Waals surface area contributed by atoms with Crippen LogP contribution >= 0.6 is 11.8 Å². The first-order valence-electron chi connectivity index (χ1n) is 8.16. The second kappa shape index (κ2) is 7.54. The van der Waals surface area contributed by atoms with Crippen molar-refractivity contribution in [1.29, 1.82) is 5.26 Å². The van der Waals surface area contributed by atoms with Crippen molar-refractivity contribution in [1.82, 2.24) is 14.8 Å². The van der Waals surface area contributed by atoms with Crippen LogP contribution in [0.5, 0.6) is 0 Å². The van der Waals surface area contributed by atoms with E-state index in [1.54, 1.807) is 6.33 Å². The molecule has 0 saturated heterocycles. The van der Waals surface area contributed by atoms with Gasteiger partial charge in [-0.25, -0.2) is 0 Å². The zero-order valence-electron chi connectivity index (χ0n) is 14.6. The van der Waals surface area contributed by atoms with Gasteiger partial charge in [0.05, 0.1) is 11.8 Å². The fourth-order valence-corrected chi connectivity index (χ4v) is 3.66. The Morgan fingerprint density at radius 1 is 1.08 bits per heavy atom. The van der Waals surface area contributed by atoms with Crippen molar-refractivity contribution < 1.29 is 0 Å². The molecule has 0 saturated carbocycles. The Hall–Kier alpha value is -2.58. The lowest BCUT2D eigenvalue weighted by atomic mass is 10.1. The van der Waals surface area contributed by atoms with Crippen molar-refractivity contribution in [3.8, 4) is 11.8 Å². The second-order valence-electron chi connectivity index (χ2n) is 6.20. The molecule has 1 heterocycles. The predicted octanol–water partition coefficient (Wildman–Crippen LogP) is 4.42. The number of benzene rings is 2. The number of aryl methyl sites for hydroxylation is 3. The summed E-state index contributed by atoms with van der Waals surface area (Å²) >= 11 is 1.46. The minimum atomic E-state index is -0.212. The molecule has 1 unspecified atom stereocenters. The molecule has 0 spiro atoms. The first-order valence-corrected chi connectivity index (χ1v) is 9.04. The molecule has 3 aromatic rings. The lowest BCUT2D eigenvalue weighted by molar-refractivity contribution is 0.870. The van der Waals surface area contributed by atoms with Crippen LogP contribution in [-0.2, 0) is 6.42 Å². The highest BCUT2D eigenvalue weighted by Gasteiger charge is 2.16. The summed E-state index contributed by atoms with van der Waals surface area (Å²) in [6.45, 7) is 6.21. The fourth-order valence-electron chi connectivity index (χ4n) is 2.72. The smallest absolute Gasteiger partial charge is 0.196 e. The monoisotopic (exact) mass is 348 g/mol.